The summed E-state index contributed by atoms with van der Waals surface area (Å²) in [7, 11) is 0. The number of hydrogen-bond acceptors (Lipinski definition) is 2. The summed E-state index contributed by atoms with van der Waals surface area (Å²) in [6, 6.07) is 7.97. The lowest BCUT2D eigenvalue weighted by Gasteiger charge is -2.43. The van der Waals surface area contributed by atoms with Crippen LogP contribution in [0.15, 0.2) is 18.2 Å². The summed E-state index contributed by atoms with van der Waals surface area (Å²) in [5, 5.41) is 4.49. The lowest BCUT2D eigenvalue weighted by Crippen LogP contribution is -2.51. The zero-order valence-electron chi connectivity index (χ0n) is 12.9. The number of hydrogen-bond donors (Lipinski definition) is 0. The van der Waals surface area contributed by atoms with E-state index in [9.17, 15) is 0 Å². The second-order valence-electron chi connectivity index (χ2n) is 6.86. The first-order valence-electron chi connectivity index (χ1n) is 8.59. The Morgan fingerprint density at radius 2 is 1.90 bits per heavy atom. The van der Waals surface area contributed by atoms with Gasteiger partial charge in [0.25, 0.3) is 0 Å². The van der Waals surface area contributed by atoms with Gasteiger partial charge in [-0.15, -0.1) is 0 Å². The molecule has 0 atom stereocenters. The number of rotatable bonds is 3. The van der Waals surface area contributed by atoms with Gasteiger partial charge in [-0.2, -0.15) is 0 Å². The molecular formula is C18H26N3. The molecule has 113 valence electrons. The van der Waals surface area contributed by atoms with Crippen molar-refractivity contribution in [3.05, 3.63) is 34.9 Å². The predicted octanol–water partition coefficient (Wildman–Crippen LogP) is 2.02. The third-order valence-electron chi connectivity index (χ3n) is 5.50. The predicted molar refractivity (Wildman–Crippen MR) is 85.3 cm³/mol. The highest BCUT2D eigenvalue weighted by molar-refractivity contribution is 5.33. The third kappa shape index (κ3) is 3.01. The molecule has 1 aromatic rings. The van der Waals surface area contributed by atoms with Gasteiger partial charge in [0.1, 0.15) is 0 Å². The van der Waals surface area contributed by atoms with E-state index in [0.29, 0.717) is 0 Å². The molecule has 2 heterocycles. The van der Waals surface area contributed by atoms with Crippen LogP contribution in [-0.4, -0.2) is 48.6 Å². The van der Waals surface area contributed by atoms with E-state index in [1.807, 2.05) is 0 Å². The quantitative estimate of drug-likeness (QED) is 0.846. The Bertz CT molecular complexity index is 487. The van der Waals surface area contributed by atoms with Gasteiger partial charge in [-0.25, -0.2) is 5.32 Å². The zero-order chi connectivity index (χ0) is 14.1. The minimum Gasteiger partial charge on any atom is -0.298 e. The van der Waals surface area contributed by atoms with Gasteiger partial charge in [-0.1, -0.05) is 24.6 Å². The molecule has 0 unspecified atom stereocenters. The first-order chi connectivity index (χ1) is 10.4. The van der Waals surface area contributed by atoms with Crippen LogP contribution in [0.1, 0.15) is 36.0 Å². The molecule has 0 amide bonds. The van der Waals surface area contributed by atoms with Crippen molar-refractivity contribution < 1.29 is 0 Å². The standard InChI is InChI=1S/C18H26N3/c1-2-18(3-1)21-10-8-20(9-11-21)14-15-4-5-17-13-19-7-6-16(17)12-15/h4-5,12,18H,1-3,6-11,13-14H2. The van der Waals surface area contributed by atoms with Gasteiger partial charge in [0.2, 0.25) is 0 Å². The topological polar surface area (TPSA) is 20.6 Å². The molecule has 0 spiro atoms. The van der Waals surface area contributed by atoms with Gasteiger partial charge in [0.05, 0.1) is 0 Å². The summed E-state index contributed by atoms with van der Waals surface area (Å²) >= 11 is 0. The highest BCUT2D eigenvalue weighted by atomic mass is 15.3. The van der Waals surface area contributed by atoms with Gasteiger partial charge in [0.15, 0.2) is 0 Å². The maximum absolute atomic E-state index is 4.49. The first-order valence-corrected chi connectivity index (χ1v) is 8.59. The number of nitrogens with zero attached hydrogens (tertiary/aromatic N) is 3. The van der Waals surface area contributed by atoms with E-state index >= 15 is 0 Å². The van der Waals surface area contributed by atoms with E-state index < -0.39 is 0 Å². The van der Waals surface area contributed by atoms with Crippen LogP contribution < -0.4 is 5.32 Å². The Kier molecular flexibility index (Phi) is 3.97. The molecule has 0 bridgehead atoms. The van der Waals surface area contributed by atoms with Crippen molar-refractivity contribution in [3.63, 3.8) is 0 Å². The van der Waals surface area contributed by atoms with Gasteiger partial charge in [-0.3, -0.25) is 9.80 Å². The van der Waals surface area contributed by atoms with Crippen molar-refractivity contribution in [3.8, 4) is 0 Å². The van der Waals surface area contributed by atoms with Crippen LogP contribution in [0.2, 0.25) is 0 Å². The van der Waals surface area contributed by atoms with E-state index in [1.54, 1.807) is 0 Å². The van der Waals surface area contributed by atoms with Crippen LogP contribution in [0, 0.1) is 0 Å². The summed E-state index contributed by atoms with van der Waals surface area (Å²) in [6.45, 7) is 8.09. The molecule has 1 saturated carbocycles. The second kappa shape index (κ2) is 6.07. The van der Waals surface area contributed by atoms with Crippen LogP contribution in [0.3, 0.4) is 0 Å². The van der Waals surface area contributed by atoms with Gasteiger partial charge < -0.3 is 0 Å². The third-order valence-corrected chi connectivity index (χ3v) is 5.50. The fourth-order valence-electron chi connectivity index (χ4n) is 3.86. The molecule has 0 aromatic heterocycles. The zero-order valence-corrected chi connectivity index (χ0v) is 12.9. The number of fused-ring (bicyclic) bond motifs is 1. The minimum absolute atomic E-state index is 0.916. The highest BCUT2D eigenvalue weighted by Crippen LogP contribution is 2.26. The molecule has 2 aliphatic heterocycles. The molecule has 3 aliphatic rings. The smallest absolute Gasteiger partial charge is 0.0387 e. The van der Waals surface area contributed by atoms with Gasteiger partial charge >= 0.3 is 0 Å². The van der Waals surface area contributed by atoms with E-state index in [0.717, 1.165) is 32.1 Å². The van der Waals surface area contributed by atoms with Gasteiger partial charge in [-0.05, 0) is 36.0 Å². The molecule has 1 aliphatic carbocycles. The average Bonchev–Trinajstić information content (AvgIpc) is 2.47. The van der Waals surface area contributed by atoms with E-state index in [4.69, 9.17) is 0 Å². The molecule has 1 radical (unpaired) electrons. The van der Waals surface area contributed by atoms with Crippen molar-refractivity contribution in [2.75, 3.05) is 32.7 Å². The number of piperazine rings is 1. The Labute approximate surface area is 128 Å². The number of benzene rings is 1. The summed E-state index contributed by atoms with van der Waals surface area (Å²) in [5.74, 6) is 0. The summed E-state index contributed by atoms with van der Waals surface area (Å²) in [5.41, 5.74) is 4.48. The van der Waals surface area contributed by atoms with Crippen molar-refractivity contribution in [1.82, 2.24) is 15.1 Å². The highest BCUT2D eigenvalue weighted by Gasteiger charge is 2.27. The van der Waals surface area contributed by atoms with Crippen molar-refractivity contribution in [2.45, 2.75) is 44.8 Å². The van der Waals surface area contributed by atoms with E-state index in [1.165, 1.54) is 62.1 Å². The molecule has 21 heavy (non-hydrogen) atoms. The Hall–Kier alpha value is -0.900. The van der Waals surface area contributed by atoms with Crippen LogP contribution in [0.4, 0.5) is 0 Å². The first kappa shape index (κ1) is 13.7. The minimum atomic E-state index is 0.916. The molecule has 3 heteroatoms. The molecule has 4 rings (SSSR count). The molecule has 3 nitrogen and oxygen atoms in total. The molecule has 1 saturated heterocycles. The Morgan fingerprint density at radius 1 is 1.05 bits per heavy atom. The van der Waals surface area contributed by atoms with Crippen LogP contribution in [0.25, 0.3) is 0 Å². The van der Waals surface area contributed by atoms with E-state index in [-0.39, 0.29) is 0 Å². The van der Waals surface area contributed by atoms with Crippen molar-refractivity contribution in [1.29, 1.82) is 0 Å². The Balaban J connectivity index is 1.34. The lowest BCUT2D eigenvalue weighted by atomic mass is 9.91. The van der Waals surface area contributed by atoms with Gasteiger partial charge in [0, 0.05) is 51.9 Å². The summed E-state index contributed by atoms with van der Waals surface area (Å²) in [6.07, 6.45) is 5.47. The summed E-state index contributed by atoms with van der Waals surface area (Å²) < 4.78 is 0. The van der Waals surface area contributed by atoms with Crippen LogP contribution in [-0.2, 0) is 19.5 Å². The molecule has 1 aromatic carbocycles. The van der Waals surface area contributed by atoms with E-state index in [2.05, 4.69) is 33.3 Å². The van der Waals surface area contributed by atoms with Crippen LogP contribution in [0.5, 0.6) is 0 Å². The SMILES string of the molecule is c1cc2c(cc1CN1CCN(C3CCC3)CC1)CC[N]C2. The summed E-state index contributed by atoms with van der Waals surface area (Å²) in [4.78, 5) is 5.35. The molecular weight excluding hydrogens is 258 g/mol. The van der Waals surface area contributed by atoms with Crippen molar-refractivity contribution in [2.24, 2.45) is 0 Å². The lowest BCUT2D eigenvalue weighted by molar-refractivity contribution is 0.0587. The maximum atomic E-state index is 4.49. The van der Waals surface area contributed by atoms with Crippen molar-refractivity contribution >= 4 is 0 Å². The maximum Gasteiger partial charge on any atom is 0.0387 e. The average molecular weight is 284 g/mol. The largest absolute Gasteiger partial charge is 0.298 e. The molecule has 2 fully saturated rings. The fraction of sp³-hybridized carbons (Fsp3) is 0.667. The normalized spacial score (nSPS) is 24.6. The molecule has 0 N–H and O–H groups in total. The fourth-order valence-corrected chi connectivity index (χ4v) is 3.86. The Morgan fingerprint density at radius 3 is 2.67 bits per heavy atom. The monoisotopic (exact) mass is 284 g/mol. The second-order valence-corrected chi connectivity index (χ2v) is 6.86. The van der Waals surface area contributed by atoms with Crippen LogP contribution >= 0.6 is 0 Å².